The summed E-state index contributed by atoms with van der Waals surface area (Å²) in [5.74, 6) is 1.63. The van der Waals surface area contributed by atoms with Crippen molar-refractivity contribution in [2.24, 2.45) is 5.92 Å². The van der Waals surface area contributed by atoms with Gasteiger partial charge in [0.15, 0.2) is 6.10 Å². The lowest BCUT2D eigenvalue weighted by atomic mass is 9.76. The molecule has 7 nitrogen and oxygen atoms in total. The number of carbonyl (C=O) groups is 1. The molecule has 7 rings (SSSR count). The number of amides is 1. The number of aryl methyl sites for hydroxylation is 1. The van der Waals surface area contributed by atoms with Gasteiger partial charge in [-0.2, -0.15) is 0 Å². The van der Waals surface area contributed by atoms with Crippen molar-refractivity contribution in [3.8, 4) is 5.75 Å². The van der Waals surface area contributed by atoms with Gasteiger partial charge in [0, 0.05) is 22.4 Å². The van der Waals surface area contributed by atoms with Gasteiger partial charge >= 0.3 is 6.36 Å². The molecule has 11 heteroatoms. The summed E-state index contributed by atoms with van der Waals surface area (Å²) in [5.41, 5.74) is 0.710. The monoisotopic (exact) mass is 497 g/mol. The van der Waals surface area contributed by atoms with Crippen LogP contribution in [-0.2, 0) is 16.0 Å². The Morgan fingerprint density at radius 2 is 1.94 bits per heavy atom. The van der Waals surface area contributed by atoms with Crippen molar-refractivity contribution in [3.63, 3.8) is 0 Å². The Morgan fingerprint density at radius 3 is 2.71 bits per heavy atom. The van der Waals surface area contributed by atoms with Crippen molar-refractivity contribution in [3.05, 3.63) is 40.6 Å². The van der Waals surface area contributed by atoms with Gasteiger partial charge in [-0.25, -0.2) is 0 Å². The van der Waals surface area contributed by atoms with E-state index in [0.29, 0.717) is 41.3 Å². The van der Waals surface area contributed by atoms with E-state index in [1.165, 1.54) is 0 Å². The smallest absolute Gasteiger partial charge is 0.480 e. The number of nitrogens with one attached hydrogen (secondary N) is 1. The average Bonchev–Trinajstić information content (AvgIpc) is 3.42. The number of ether oxygens (including phenoxy) is 2. The maximum atomic E-state index is 13.0. The molecule has 1 amide bonds. The summed E-state index contributed by atoms with van der Waals surface area (Å²) in [4.78, 5) is 13.0. The van der Waals surface area contributed by atoms with E-state index in [1.807, 2.05) is 6.07 Å². The van der Waals surface area contributed by atoms with E-state index in [-0.39, 0.29) is 36.1 Å². The van der Waals surface area contributed by atoms with Crippen molar-refractivity contribution in [2.75, 3.05) is 0 Å². The molecule has 1 aliphatic heterocycles. The number of hydrogen-bond acceptors (Lipinski definition) is 6. The van der Waals surface area contributed by atoms with E-state index in [4.69, 9.17) is 20.8 Å². The minimum Gasteiger partial charge on any atom is -0.480 e. The molecule has 1 N–H and O–H groups in total. The third kappa shape index (κ3) is 4.04. The summed E-state index contributed by atoms with van der Waals surface area (Å²) in [7, 11) is 0. The highest BCUT2D eigenvalue weighted by atomic mass is 35.5. The number of aromatic nitrogens is 2. The predicted octanol–water partition coefficient (Wildman–Crippen LogP) is 4.65. The number of fused-ring (bicyclic) bond motifs is 2. The fourth-order valence-electron chi connectivity index (χ4n) is 5.92. The van der Waals surface area contributed by atoms with Crippen LogP contribution >= 0.6 is 11.6 Å². The summed E-state index contributed by atoms with van der Waals surface area (Å²) in [5, 5.41) is 12.1. The molecule has 0 spiro atoms. The summed E-state index contributed by atoms with van der Waals surface area (Å²) in [6.07, 6.45) is -1.89. The van der Waals surface area contributed by atoms with Gasteiger partial charge in [-0.05, 0) is 74.6 Å². The van der Waals surface area contributed by atoms with Crippen LogP contribution < -0.4 is 10.1 Å². The SMILES string of the molecule is O=C(NC12CC(C1)[C@H](c1nnc(C3CC(OC(F)(F)F)C3)o1)C2)[C@H]1CCc2cc(Cl)ccc2O1. The molecule has 1 aromatic heterocycles. The van der Waals surface area contributed by atoms with Gasteiger partial charge in [0.25, 0.3) is 5.91 Å². The molecule has 5 aliphatic rings. The number of halogens is 4. The first kappa shape index (κ1) is 22.2. The van der Waals surface area contributed by atoms with Crippen molar-refractivity contribution in [2.45, 2.75) is 80.9 Å². The molecule has 1 aromatic carbocycles. The van der Waals surface area contributed by atoms with E-state index >= 15 is 0 Å². The number of benzene rings is 1. The zero-order chi connectivity index (χ0) is 23.7. The number of carbonyl (C=O) groups excluding carboxylic acids is 1. The molecule has 2 heterocycles. The average molecular weight is 498 g/mol. The minimum atomic E-state index is -4.63. The molecule has 4 fully saturated rings. The summed E-state index contributed by atoms with van der Waals surface area (Å²) in [6.45, 7) is 0. The van der Waals surface area contributed by atoms with Crippen LogP contribution in [0.2, 0.25) is 5.02 Å². The molecule has 0 saturated heterocycles. The summed E-state index contributed by atoms with van der Waals surface area (Å²) in [6, 6.07) is 5.42. The van der Waals surface area contributed by atoms with Crippen LogP contribution in [0.1, 0.15) is 67.7 Å². The van der Waals surface area contributed by atoms with E-state index < -0.39 is 18.6 Å². The quantitative estimate of drug-likeness (QED) is 0.647. The number of hydrogen-bond donors (Lipinski definition) is 1. The fourth-order valence-corrected chi connectivity index (χ4v) is 6.12. The van der Waals surface area contributed by atoms with E-state index in [9.17, 15) is 18.0 Å². The van der Waals surface area contributed by atoms with Crippen LogP contribution in [-0.4, -0.2) is 40.2 Å². The van der Waals surface area contributed by atoms with Crippen LogP contribution in [0, 0.1) is 5.92 Å². The summed E-state index contributed by atoms with van der Waals surface area (Å²) < 4.78 is 52.8. The van der Waals surface area contributed by atoms with Crippen molar-refractivity contribution < 1.29 is 31.9 Å². The Morgan fingerprint density at radius 1 is 1.18 bits per heavy atom. The maximum Gasteiger partial charge on any atom is 0.522 e. The molecule has 0 radical (unpaired) electrons. The Balaban J connectivity index is 1.04. The second-order valence-electron chi connectivity index (χ2n) is 9.98. The van der Waals surface area contributed by atoms with Crippen LogP contribution in [0.4, 0.5) is 13.2 Å². The van der Waals surface area contributed by atoms with Crippen LogP contribution in [0.3, 0.4) is 0 Å². The lowest BCUT2D eigenvalue weighted by molar-refractivity contribution is -0.352. The molecule has 34 heavy (non-hydrogen) atoms. The highest BCUT2D eigenvalue weighted by Gasteiger charge is 2.59. The maximum absolute atomic E-state index is 13.0. The third-order valence-electron chi connectivity index (χ3n) is 7.65. The molecular weight excluding hydrogens is 475 g/mol. The third-order valence-corrected chi connectivity index (χ3v) is 7.89. The lowest BCUT2D eigenvalue weighted by Crippen LogP contribution is -2.55. The zero-order valence-corrected chi connectivity index (χ0v) is 18.9. The highest BCUT2D eigenvalue weighted by Crippen LogP contribution is 2.59. The second-order valence-corrected chi connectivity index (χ2v) is 10.4. The van der Waals surface area contributed by atoms with E-state index in [2.05, 4.69) is 20.3 Å². The molecule has 0 unspecified atom stereocenters. The molecule has 2 bridgehead atoms. The van der Waals surface area contributed by atoms with Gasteiger partial charge in [-0.3, -0.25) is 9.53 Å². The number of nitrogens with zero attached hydrogens (tertiary/aromatic N) is 2. The molecule has 4 aliphatic carbocycles. The second kappa shape index (κ2) is 7.84. The van der Waals surface area contributed by atoms with Gasteiger partial charge in [-0.1, -0.05) is 11.6 Å². The first-order chi connectivity index (χ1) is 16.2. The predicted molar refractivity (Wildman–Crippen MR) is 112 cm³/mol. The zero-order valence-electron chi connectivity index (χ0n) is 18.1. The molecule has 4 saturated carbocycles. The van der Waals surface area contributed by atoms with Crippen LogP contribution in [0.15, 0.2) is 22.6 Å². The summed E-state index contributed by atoms with van der Waals surface area (Å²) >= 11 is 6.04. The molecule has 182 valence electrons. The van der Waals surface area contributed by atoms with Gasteiger partial charge in [-0.15, -0.1) is 23.4 Å². The first-order valence-corrected chi connectivity index (χ1v) is 11.9. The normalized spacial score (nSPS) is 33.9. The number of alkyl halides is 3. The lowest BCUT2D eigenvalue weighted by Gasteiger charge is -2.40. The fraction of sp³-hybridized carbons (Fsp3) is 0.609. The van der Waals surface area contributed by atoms with E-state index in [0.717, 1.165) is 24.8 Å². The van der Waals surface area contributed by atoms with Gasteiger partial charge < -0.3 is 14.5 Å². The van der Waals surface area contributed by atoms with E-state index in [1.54, 1.807) is 12.1 Å². The Labute approximate surface area is 198 Å². The van der Waals surface area contributed by atoms with Crippen molar-refractivity contribution >= 4 is 17.5 Å². The Hall–Kier alpha value is -2.33. The molecule has 2 aromatic rings. The van der Waals surface area contributed by atoms with Gasteiger partial charge in [0.05, 0.1) is 6.10 Å². The minimum absolute atomic E-state index is 0.0407. The largest absolute Gasteiger partial charge is 0.522 e. The van der Waals surface area contributed by atoms with Crippen LogP contribution in [0.5, 0.6) is 5.75 Å². The van der Waals surface area contributed by atoms with Crippen molar-refractivity contribution in [1.29, 1.82) is 0 Å². The standard InChI is InChI=1S/C23H23ClF3N3O4/c24-14-2-4-17-11(5-14)1-3-18(32-17)19(31)28-22-8-13(9-22)16(10-22)21-30-29-20(33-21)12-6-15(7-12)34-23(25,26)27/h2,4-5,12-13,15-16,18H,1,3,6-10H2,(H,28,31)/t12?,13?,15?,16-,18-,22?/m1/s1. The van der Waals surface area contributed by atoms with Gasteiger partial charge in [0.1, 0.15) is 5.75 Å². The Kier molecular flexibility index (Phi) is 5.11. The first-order valence-electron chi connectivity index (χ1n) is 11.5. The molecular formula is C23H23ClF3N3O4. The Bertz CT molecular complexity index is 1110. The number of rotatable bonds is 5. The highest BCUT2D eigenvalue weighted by molar-refractivity contribution is 6.30. The topological polar surface area (TPSA) is 86.5 Å². The van der Waals surface area contributed by atoms with Crippen LogP contribution in [0.25, 0.3) is 0 Å². The molecule has 2 atom stereocenters. The van der Waals surface area contributed by atoms with Crippen molar-refractivity contribution in [1.82, 2.24) is 15.5 Å². The van der Waals surface area contributed by atoms with Gasteiger partial charge in [0.2, 0.25) is 11.8 Å².